The summed E-state index contributed by atoms with van der Waals surface area (Å²) in [5.41, 5.74) is 5.35. The number of carboxylic acid groups (broad SMARTS) is 1. The van der Waals surface area contributed by atoms with Crippen LogP contribution in [0.1, 0.15) is 0 Å². The third kappa shape index (κ3) is 4.08. The van der Waals surface area contributed by atoms with Crippen LogP contribution in [0.5, 0.6) is 0 Å². The van der Waals surface area contributed by atoms with Crippen molar-refractivity contribution in [2.24, 2.45) is 5.73 Å². The molecule has 4 nitrogen and oxygen atoms in total. The molecule has 14 heavy (non-hydrogen) atoms. The van der Waals surface area contributed by atoms with Gasteiger partial charge in [0.2, 0.25) is 0 Å². The zero-order valence-electron chi connectivity index (χ0n) is 7.42. The van der Waals surface area contributed by atoms with Crippen molar-refractivity contribution in [1.29, 1.82) is 0 Å². The van der Waals surface area contributed by atoms with Crippen molar-refractivity contribution in [3.05, 3.63) is 24.4 Å². The molecule has 0 spiro atoms. The second-order valence-electron chi connectivity index (χ2n) is 2.66. The third-order valence-electron chi connectivity index (χ3n) is 1.49. The number of hydrogen-bond donors (Lipinski definition) is 3. The van der Waals surface area contributed by atoms with E-state index in [1.807, 2.05) is 24.4 Å². The normalized spacial score (nSPS) is 21.6. The molecule has 2 atom stereocenters. The van der Waals surface area contributed by atoms with E-state index in [1.54, 1.807) is 10.8 Å². The maximum Gasteiger partial charge on any atom is 0.321 e. The van der Waals surface area contributed by atoms with Crippen LogP contribution in [0.3, 0.4) is 0 Å². The molecule has 0 amide bonds. The highest BCUT2D eigenvalue weighted by atomic mass is 33.1. The summed E-state index contributed by atoms with van der Waals surface area (Å²) in [7, 11) is 3.03. The van der Waals surface area contributed by atoms with Crippen LogP contribution in [0, 0.1) is 0 Å². The van der Waals surface area contributed by atoms with Gasteiger partial charge in [0, 0.05) is 5.75 Å². The molecule has 0 aliphatic carbocycles. The number of allylic oxidation sites excluding steroid dienone is 2. The van der Waals surface area contributed by atoms with E-state index >= 15 is 0 Å². The van der Waals surface area contributed by atoms with Gasteiger partial charge in [0.05, 0.1) is 0 Å². The Balaban J connectivity index is 2.12. The number of carbonyl (C=O) groups is 1. The molecule has 78 valence electrons. The number of dihydropyridines is 1. The summed E-state index contributed by atoms with van der Waals surface area (Å²) in [5.74, 6) is -0.541. The van der Waals surface area contributed by atoms with Crippen LogP contribution in [0.15, 0.2) is 24.4 Å². The summed E-state index contributed by atoms with van der Waals surface area (Å²) in [6.07, 6.45) is 7.72. The third-order valence-corrected chi connectivity index (χ3v) is 4.06. The Morgan fingerprint density at radius 2 is 2.43 bits per heavy atom. The van der Waals surface area contributed by atoms with Gasteiger partial charge < -0.3 is 16.2 Å². The quantitative estimate of drug-likeness (QED) is 0.608. The summed E-state index contributed by atoms with van der Waals surface area (Å²) in [5, 5.41) is 11.8. The largest absolute Gasteiger partial charge is 0.480 e. The van der Waals surface area contributed by atoms with E-state index in [0.717, 1.165) is 0 Å². The van der Waals surface area contributed by atoms with Gasteiger partial charge in [-0.2, -0.15) is 0 Å². The molecule has 0 aromatic carbocycles. The van der Waals surface area contributed by atoms with Gasteiger partial charge in [0.15, 0.2) is 0 Å². The molecule has 1 heterocycles. The lowest BCUT2D eigenvalue weighted by atomic mass is 10.4. The fourth-order valence-corrected chi connectivity index (χ4v) is 3.02. The van der Waals surface area contributed by atoms with Crippen LogP contribution in [0.2, 0.25) is 0 Å². The molecular weight excluding hydrogens is 220 g/mol. The summed E-state index contributed by atoms with van der Waals surface area (Å²) in [6.45, 7) is 0. The molecule has 0 fully saturated rings. The Hall–Kier alpha value is -0.590. The van der Waals surface area contributed by atoms with Crippen LogP contribution in [-0.4, -0.2) is 28.2 Å². The molecule has 1 aliphatic rings. The van der Waals surface area contributed by atoms with E-state index in [-0.39, 0.29) is 5.37 Å². The molecule has 0 radical (unpaired) electrons. The van der Waals surface area contributed by atoms with E-state index < -0.39 is 12.0 Å². The number of aliphatic carboxylic acids is 1. The molecular formula is C8H12N2O2S2. The first kappa shape index (κ1) is 11.5. The molecule has 6 heteroatoms. The van der Waals surface area contributed by atoms with E-state index in [0.29, 0.717) is 5.75 Å². The first-order valence-corrected chi connectivity index (χ1v) is 6.44. The summed E-state index contributed by atoms with van der Waals surface area (Å²) in [6, 6.07) is -0.782. The van der Waals surface area contributed by atoms with Gasteiger partial charge in [0.25, 0.3) is 0 Å². The monoisotopic (exact) mass is 232 g/mol. The number of nitrogens with one attached hydrogen (secondary N) is 1. The lowest BCUT2D eigenvalue weighted by Crippen LogP contribution is -2.32. The minimum absolute atomic E-state index is 0.200. The predicted octanol–water partition coefficient (Wildman–Crippen LogP) is 0.779. The Morgan fingerprint density at radius 3 is 3.00 bits per heavy atom. The minimum atomic E-state index is -0.954. The minimum Gasteiger partial charge on any atom is -0.480 e. The standard InChI is InChI=1S/C8H12N2O2S2/c9-6(8(11)12)5-13-14-7-3-1-2-4-10-7/h1-4,6-7,10H,5,9H2,(H,11,12). The lowest BCUT2D eigenvalue weighted by molar-refractivity contribution is -0.137. The second-order valence-corrected chi connectivity index (χ2v) is 5.21. The Labute approximate surface area is 90.4 Å². The van der Waals surface area contributed by atoms with Crippen molar-refractivity contribution in [2.75, 3.05) is 5.75 Å². The van der Waals surface area contributed by atoms with Gasteiger partial charge in [-0.25, -0.2) is 0 Å². The highest BCUT2D eigenvalue weighted by molar-refractivity contribution is 8.77. The fourth-order valence-electron chi connectivity index (χ4n) is 0.744. The number of rotatable bonds is 5. The maximum absolute atomic E-state index is 10.4. The Kier molecular flexibility index (Phi) is 4.92. The predicted molar refractivity (Wildman–Crippen MR) is 60.9 cm³/mol. The van der Waals surface area contributed by atoms with Gasteiger partial charge in [0.1, 0.15) is 11.4 Å². The van der Waals surface area contributed by atoms with Crippen LogP contribution in [0.4, 0.5) is 0 Å². The van der Waals surface area contributed by atoms with Gasteiger partial charge in [-0.05, 0) is 12.3 Å². The molecule has 0 saturated heterocycles. The molecule has 0 aromatic heterocycles. The lowest BCUT2D eigenvalue weighted by Gasteiger charge is -2.14. The van der Waals surface area contributed by atoms with E-state index in [1.165, 1.54) is 10.8 Å². The molecule has 4 N–H and O–H groups in total. The molecule has 0 aromatic rings. The maximum atomic E-state index is 10.4. The smallest absolute Gasteiger partial charge is 0.321 e. The van der Waals surface area contributed by atoms with Crippen molar-refractivity contribution in [3.8, 4) is 0 Å². The van der Waals surface area contributed by atoms with Gasteiger partial charge in [-0.1, -0.05) is 33.7 Å². The molecule has 1 rings (SSSR count). The van der Waals surface area contributed by atoms with E-state index in [2.05, 4.69) is 5.32 Å². The fraction of sp³-hybridized carbons (Fsp3) is 0.375. The van der Waals surface area contributed by atoms with Crippen LogP contribution in [0.25, 0.3) is 0 Å². The second kappa shape index (κ2) is 6.00. The Morgan fingerprint density at radius 1 is 1.64 bits per heavy atom. The average Bonchev–Trinajstić information content (AvgIpc) is 2.19. The highest BCUT2D eigenvalue weighted by Crippen LogP contribution is 2.27. The van der Waals surface area contributed by atoms with E-state index in [4.69, 9.17) is 10.8 Å². The number of carboxylic acids is 1. The zero-order chi connectivity index (χ0) is 10.4. The number of hydrogen-bond acceptors (Lipinski definition) is 5. The molecule has 0 bridgehead atoms. The summed E-state index contributed by atoms with van der Waals surface area (Å²) < 4.78 is 0. The van der Waals surface area contributed by atoms with Crippen molar-refractivity contribution in [1.82, 2.24) is 5.32 Å². The number of nitrogens with two attached hydrogens (primary N) is 1. The van der Waals surface area contributed by atoms with Gasteiger partial charge in [-0.15, -0.1) is 0 Å². The van der Waals surface area contributed by atoms with Crippen molar-refractivity contribution < 1.29 is 9.90 Å². The first-order valence-electron chi connectivity index (χ1n) is 4.06. The van der Waals surface area contributed by atoms with Gasteiger partial charge in [-0.3, -0.25) is 4.79 Å². The molecule has 0 saturated carbocycles. The summed E-state index contributed by atoms with van der Waals surface area (Å²) >= 11 is 0. The summed E-state index contributed by atoms with van der Waals surface area (Å²) in [4.78, 5) is 10.4. The topological polar surface area (TPSA) is 75.3 Å². The first-order chi connectivity index (χ1) is 6.70. The van der Waals surface area contributed by atoms with Crippen LogP contribution in [-0.2, 0) is 4.79 Å². The SMILES string of the molecule is NC(CSSC1C=CC=CN1)C(=O)O. The van der Waals surface area contributed by atoms with Crippen LogP contribution >= 0.6 is 21.6 Å². The Bertz CT molecular complexity index is 256. The van der Waals surface area contributed by atoms with Crippen molar-refractivity contribution in [3.63, 3.8) is 0 Å². The van der Waals surface area contributed by atoms with Crippen LogP contribution < -0.4 is 11.1 Å². The zero-order valence-corrected chi connectivity index (χ0v) is 9.05. The van der Waals surface area contributed by atoms with Gasteiger partial charge >= 0.3 is 5.97 Å². The molecule has 1 aliphatic heterocycles. The highest BCUT2D eigenvalue weighted by Gasteiger charge is 2.12. The average molecular weight is 232 g/mol. The molecule has 2 unspecified atom stereocenters. The van der Waals surface area contributed by atoms with E-state index in [9.17, 15) is 4.79 Å². The van der Waals surface area contributed by atoms with Crippen molar-refractivity contribution >= 4 is 27.6 Å². The van der Waals surface area contributed by atoms with Crippen molar-refractivity contribution in [2.45, 2.75) is 11.4 Å².